The Balaban J connectivity index is 2.65. The van der Waals surface area contributed by atoms with Crippen molar-refractivity contribution in [3.05, 3.63) is 0 Å². The number of carboxylic acid groups (broad SMARTS) is 2. The lowest BCUT2D eigenvalue weighted by Gasteiger charge is -2.45. The number of hydrogen-bond acceptors (Lipinski definition) is 4. The summed E-state index contributed by atoms with van der Waals surface area (Å²) in [5.74, 6) is -2.62. The highest BCUT2D eigenvalue weighted by Gasteiger charge is 2.34. The van der Waals surface area contributed by atoms with Gasteiger partial charge in [-0.3, -0.25) is 9.69 Å². The van der Waals surface area contributed by atoms with Crippen molar-refractivity contribution in [2.24, 2.45) is 0 Å². The molecule has 1 fully saturated rings. The Hall–Kier alpha value is -1.83. The van der Waals surface area contributed by atoms with Gasteiger partial charge in [-0.1, -0.05) is 0 Å². The van der Waals surface area contributed by atoms with Gasteiger partial charge < -0.3 is 20.4 Å². The molecule has 0 radical (unpaired) electrons. The van der Waals surface area contributed by atoms with E-state index >= 15 is 0 Å². The molecular formula is C12H21N3O5. The van der Waals surface area contributed by atoms with Crippen molar-refractivity contribution in [1.29, 1.82) is 0 Å². The van der Waals surface area contributed by atoms with Crippen LogP contribution in [0.15, 0.2) is 0 Å². The SMILES string of the molecule is CN1CCN(C(=O)N[C@@H](CC(=O)O)C(=O)O)CC1(C)C. The van der Waals surface area contributed by atoms with Crippen LogP contribution in [0.25, 0.3) is 0 Å². The van der Waals surface area contributed by atoms with Gasteiger partial charge in [0.05, 0.1) is 6.42 Å². The fourth-order valence-corrected chi connectivity index (χ4v) is 2.03. The second kappa shape index (κ2) is 6.08. The Bertz CT molecular complexity index is 410. The van der Waals surface area contributed by atoms with E-state index < -0.39 is 30.4 Å². The third-order valence-corrected chi connectivity index (χ3v) is 3.58. The topological polar surface area (TPSA) is 110 Å². The van der Waals surface area contributed by atoms with Gasteiger partial charge in [-0.15, -0.1) is 0 Å². The maximum Gasteiger partial charge on any atom is 0.326 e. The van der Waals surface area contributed by atoms with Crippen LogP contribution in [0.1, 0.15) is 20.3 Å². The number of urea groups is 1. The van der Waals surface area contributed by atoms with E-state index in [1.165, 1.54) is 4.90 Å². The molecule has 1 aliphatic heterocycles. The number of piperazine rings is 1. The fourth-order valence-electron chi connectivity index (χ4n) is 2.03. The van der Waals surface area contributed by atoms with Gasteiger partial charge in [-0.25, -0.2) is 9.59 Å². The maximum absolute atomic E-state index is 12.0. The van der Waals surface area contributed by atoms with Crippen LogP contribution in [0.4, 0.5) is 4.79 Å². The molecule has 8 nitrogen and oxygen atoms in total. The summed E-state index contributed by atoms with van der Waals surface area (Å²) in [7, 11) is 1.96. The van der Waals surface area contributed by atoms with Crippen LogP contribution in [-0.4, -0.2) is 76.2 Å². The Kier molecular flexibility index (Phi) is 4.93. The van der Waals surface area contributed by atoms with E-state index in [2.05, 4.69) is 10.2 Å². The minimum Gasteiger partial charge on any atom is -0.481 e. The van der Waals surface area contributed by atoms with Gasteiger partial charge in [0.15, 0.2) is 0 Å². The van der Waals surface area contributed by atoms with Crippen LogP contribution < -0.4 is 5.32 Å². The second-order valence-electron chi connectivity index (χ2n) is 5.59. The number of carboxylic acids is 2. The molecule has 0 aromatic carbocycles. The summed E-state index contributed by atoms with van der Waals surface area (Å²) in [6.07, 6.45) is -0.641. The molecule has 0 bridgehead atoms. The summed E-state index contributed by atoms with van der Waals surface area (Å²) in [6, 6.07) is -1.96. The highest BCUT2D eigenvalue weighted by molar-refractivity contribution is 5.86. The van der Waals surface area contributed by atoms with Gasteiger partial charge in [-0.05, 0) is 20.9 Å². The smallest absolute Gasteiger partial charge is 0.326 e. The van der Waals surface area contributed by atoms with Crippen LogP contribution in [0, 0.1) is 0 Å². The zero-order valence-corrected chi connectivity index (χ0v) is 11.9. The van der Waals surface area contributed by atoms with E-state index in [-0.39, 0.29) is 5.54 Å². The molecule has 1 rings (SSSR count). The molecule has 1 saturated heterocycles. The maximum atomic E-state index is 12.0. The minimum absolute atomic E-state index is 0.207. The molecule has 1 heterocycles. The predicted octanol–water partition coefficient (Wildman–Crippen LogP) is -0.350. The van der Waals surface area contributed by atoms with Crippen LogP contribution in [0.3, 0.4) is 0 Å². The summed E-state index contributed by atoms with van der Waals surface area (Å²) in [5.41, 5.74) is -0.207. The summed E-state index contributed by atoms with van der Waals surface area (Å²) >= 11 is 0. The van der Waals surface area contributed by atoms with Gasteiger partial charge in [-0.2, -0.15) is 0 Å². The number of likely N-dealkylation sites (N-methyl/N-ethyl adjacent to an activating group) is 1. The summed E-state index contributed by atoms with van der Waals surface area (Å²) in [6.45, 7) is 5.58. The lowest BCUT2D eigenvalue weighted by molar-refractivity contribution is -0.145. The summed E-state index contributed by atoms with van der Waals surface area (Å²) in [4.78, 5) is 37.2. The first kappa shape index (κ1) is 16.2. The van der Waals surface area contributed by atoms with Crippen molar-refractivity contribution in [2.45, 2.75) is 31.8 Å². The number of nitrogens with one attached hydrogen (secondary N) is 1. The fraction of sp³-hybridized carbons (Fsp3) is 0.750. The summed E-state index contributed by atoms with van der Waals surface area (Å²) < 4.78 is 0. The van der Waals surface area contributed by atoms with Gasteiger partial charge in [0.2, 0.25) is 0 Å². The number of rotatable bonds is 4. The third kappa shape index (κ3) is 4.09. The Morgan fingerprint density at radius 2 is 1.85 bits per heavy atom. The molecule has 0 aromatic heterocycles. The van der Waals surface area contributed by atoms with Gasteiger partial charge in [0, 0.05) is 25.2 Å². The molecule has 1 aliphatic rings. The lowest BCUT2D eigenvalue weighted by Crippen LogP contribution is -2.61. The second-order valence-corrected chi connectivity index (χ2v) is 5.59. The molecule has 20 heavy (non-hydrogen) atoms. The quantitative estimate of drug-likeness (QED) is 0.652. The van der Waals surface area contributed by atoms with Crippen LogP contribution in [0.5, 0.6) is 0 Å². The minimum atomic E-state index is -1.41. The average Bonchev–Trinajstić information content (AvgIpc) is 2.30. The molecular weight excluding hydrogens is 266 g/mol. The molecule has 3 N–H and O–H groups in total. The molecule has 2 amide bonds. The number of aliphatic carboxylic acids is 2. The highest BCUT2D eigenvalue weighted by Crippen LogP contribution is 2.18. The average molecular weight is 287 g/mol. The van der Waals surface area contributed by atoms with Crippen molar-refractivity contribution in [1.82, 2.24) is 15.1 Å². The lowest BCUT2D eigenvalue weighted by atomic mass is 10.00. The van der Waals surface area contributed by atoms with Crippen molar-refractivity contribution in [3.63, 3.8) is 0 Å². The first-order valence-electron chi connectivity index (χ1n) is 6.35. The van der Waals surface area contributed by atoms with Crippen LogP contribution >= 0.6 is 0 Å². The first-order valence-corrected chi connectivity index (χ1v) is 6.35. The van der Waals surface area contributed by atoms with E-state index in [9.17, 15) is 14.4 Å². The van der Waals surface area contributed by atoms with E-state index in [1.807, 2.05) is 20.9 Å². The van der Waals surface area contributed by atoms with Gasteiger partial charge >= 0.3 is 18.0 Å². The third-order valence-electron chi connectivity index (χ3n) is 3.58. The van der Waals surface area contributed by atoms with Crippen molar-refractivity contribution >= 4 is 18.0 Å². The van der Waals surface area contributed by atoms with E-state index in [1.54, 1.807) is 0 Å². The van der Waals surface area contributed by atoms with E-state index in [4.69, 9.17) is 10.2 Å². The molecule has 0 aromatic rings. The molecule has 0 spiro atoms. The van der Waals surface area contributed by atoms with Crippen molar-refractivity contribution in [3.8, 4) is 0 Å². The Morgan fingerprint density at radius 1 is 1.25 bits per heavy atom. The van der Waals surface area contributed by atoms with Crippen LogP contribution in [0.2, 0.25) is 0 Å². The molecule has 8 heteroatoms. The van der Waals surface area contributed by atoms with Crippen molar-refractivity contribution in [2.75, 3.05) is 26.7 Å². The Morgan fingerprint density at radius 3 is 2.30 bits per heavy atom. The van der Waals surface area contributed by atoms with Crippen LogP contribution in [-0.2, 0) is 9.59 Å². The van der Waals surface area contributed by atoms with E-state index in [0.717, 1.165) is 0 Å². The van der Waals surface area contributed by atoms with Crippen molar-refractivity contribution < 1.29 is 24.6 Å². The van der Waals surface area contributed by atoms with Gasteiger partial charge in [0.25, 0.3) is 0 Å². The largest absolute Gasteiger partial charge is 0.481 e. The van der Waals surface area contributed by atoms with E-state index in [0.29, 0.717) is 19.6 Å². The number of carbonyl (C=O) groups excluding carboxylic acids is 1. The molecule has 0 unspecified atom stereocenters. The van der Waals surface area contributed by atoms with Gasteiger partial charge in [0.1, 0.15) is 6.04 Å². The molecule has 0 saturated carbocycles. The Labute approximate surface area is 117 Å². The number of carbonyl (C=O) groups is 3. The standard InChI is InChI=1S/C12H21N3O5/c1-12(2)7-15(5-4-14(12)3)11(20)13-8(10(18)19)6-9(16)17/h8H,4-7H2,1-3H3,(H,13,20)(H,16,17)(H,18,19)/t8-/m0/s1. The summed E-state index contributed by atoms with van der Waals surface area (Å²) in [5, 5.41) is 19.8. The number of hydrogen-bond donors (Lipinski definition) is 3. The zero-order chi connectivity index (χ0) is 15.5. The number of nitrogens with zero attached hydrogens (tertiary/aromatic N) is 2. The molecule has 0 aliphatic carbocycles. The highest BCUT2D eigenvalue weighted by atomic mass is 16.4. The normalized spacial score (nSPS) is 20.2. The monoisotopic (exact) mass is 287 g/mol. The number of amides is 2. The first-order chi connectivity index (χ1) is 9.13. The predicted molar refractivity (Wildman–Crippen MR) is 70.5 cm³/mol. The molecule has 1 atom stereocenters. The molecule has 114 valence electrons. The zero-order valence-electron chi connectivity index (χ0n) is 11.9.